The van der Waals surface area contributed by atoms with Crippen LogP contribution in [0.4, 0.5) is 0 Å². The Balaban J connectivity index is 2.48. The molecule has 0 heterocycles. The molecule has 1 aromatic rings. The Morgan fingerprint density at radius 2 is 1.78 bits per heavy atom. The summed E-state index contributed by atoms with van der Waals surface area (Å²) in [5.74, 6) is 0.177. The minimum atomic E-state index is -0.398. The summed E-state index contributed by atoms with van der Waals surface area (Å²) in [6.45, 7) is 5.82. The van der Waals surface area contributed by atoms with Gasteiger partial charge in [-0.2, -0.15) is 0 Å². The molecule has 0 spiro atoms. The molecule has 5 heteroatoms. The molecule has 4 nitrogen and oxygen atoms in total. The molecule has 0 radical (unpaired) electrons. The SMILES string of the molecule is CCOC(=O)/C=C(\C)OCC/C(Br)=C\c1ccc(C(C)=O)cc1. The molecule has 0 saturated heterocycles. The molecule has 0 saturated carbocycles. The Bertz CT molecular complexity index is 600. The number of allylic oxidation sites excluding steroid dienone is 1. The zero-order valence-electron chi connectivity index (χ0n) is 13.6. The molecule has 0 aromatic heterocycles. The fraction of sp³-hybridized carbons (Fsp3) is 0.333. The third kappa shape index (κ3) is 7.79. The summed E-state index contributed by atoms with van der Waals surface area (Å²) in [7, 11) is 0. The van der Waals surface area contributed by atoms with Crippen LogP contribution in [0.25, 0.3) is 6.08 Å². The highest BCUT2D eigenvalue weighted by atomic mass is 79.9. The standard InChI is InChI=1S/C18H21BrO4/c1-4-22-18(21)11-13(2)23-10-9-17(19)12-15-5-7-16(8-6-15)14(3)20/h5-8,11-12H,4,9-10H2,1-3H3/b13-11+,17-12+. The van der Waals surface area contributed by atoms with Crippen molar-refractivity contribution in [3.8, 4) is 0 Å². The van der Waals surface area contributed by atoms with Crippen LogP contribution < -0.4 is 0 Å². The third-order valence-electron chi connectivity index (χ3n) is 2.92. The number of hydrogen-bond donors (Lipinski definition) is 0. The summed E-state index contributed by atoms with van der Waals surface area (Å²) < 4.78 is 11.2. The highest BCUT2D eigenvalue weighted by Crippen LogP contribution is 2.17. The molecule has 0 bridgehead atoms. The van der Waals surface area contributed by atoms with Crippen molar-refractivity contribution in [1.29, 1.82) is 0 Å². The lowest BCUT2D eigenvalue weighted by Gasteiger charge is -2.06. The zero-order valence-corrected chi connectivity index (χ0v) is 15.2. The van der Waals surface area contributed by atoms with Crippen LogP contribution in [0.1, 0.15) is 43.1 Å². The van der Waals surface area contributed by atoms with Crippen molar-refractivity contribution < 1.29 is 19.1 Å². The molecule has 0 atom stereocenters. The molecule has 0 aliphatic rings. The lowest BCUT2D eigenvalue weighted by Crippen LogP contribution is -2.02. The highest BCUT2D eigenvalue weighted by molar-refractivity contribution is 9.11. The second kappa shape index (κ2) is 10.0. The van der Waals surface area contributed by atoms with Crippen molar-refractivity contribution in [2.24, 2.45) is 0 Å². The predicted octanol–water partition coefficient (Wildman–Crippen LogP) is 4.50. The number of carbonyl (C=O) groups excluding carboxylic acids is 2. The Morgan fingerprint density at radius 1 is 1.13 bits per heavy atom. The Hall–Kier alpha value is -1.88. The van der Waals surface area contributed by atoms with Crippen LogP contribution in [0.5, 0.6) is 0 Å². The number of ketones is 1. The number of esters is 1. The van der Waals surface area contributed by atoms with E-state index in [-0.39, 0.29) is 5.78 Å². The van der Waals surface area contributed by atoms with Gasteiger partial charge in [0.25, 0.3) is 0 Å². The second-order valence-electron chi connectivity index (χ2n) is 4.87. The van der Waals surface area contributed by atoms with Crippen LogP contribution in [0.3, 0.4) is 0 Å². The largest absolute Gasteiger partial charge is 0.498 e. The lowest BCUT2D eigenvalue weighted by molar-refractivity contribution is -0.137. The number of hydrogen-bond acceptors (Lipinski definition) is 4. The molecule has 23 heavy (non-hydrogen) atoms. The minimum Gasteiger partial charge on any atom is -0.498 e. The fourth-order valence-electron chi connectivity index (χ4n) is 1.77. The lowest BCUT2D eigenvalue weighted by atomic mass is 10.1. The maximum atomic E-state index is 11.2. The van der Waals surface area contributed by atoms with Gasteiger partial charge in [-0.15, -0.1) is 0 Å². The Morgan fingerprint density at radius 3 is 2.35 bits per heavy atom. The van der Waals surface area contributed by atoms with Gasteiger partial charge in [-0.1, -0.05) is 40.2 Å². The summed E-state index contributed by atoms with van der Waals surface area (Å²) in [5.41, 5.74) is 1.70. The van der Waals surface area contributed by atoms with Crippen molar-refractivity contribution in [3.05, 3.63) is 51.7 Å². The van der Waals surface area contributed by atoms with Crippen molar-refractivity contribution in [2.45, 2.75) is 27.2 Å². The van der Waals surface area contributed by atoms with Gasteiger partial charge in [-0.3, -0.25) is 4.79 Å². The van der Waals surface area contributed by atoms with Gasteiger partial charge < -0.3 is 9.47 Å². The van der Waals surface area contributed by atoms with Crippen LogP contribution in [0, 0.1) is 0 Å². The fourth-order valence-corrected chi connectivity index (χ4v) is 2.19. The van der Waals surface area contributed by atoms with E-state index in [1.54, 1.807) is 32.9 Å². The number of rotatable bonds is 8. The van der Waals surface area contributed by atoms with Crippen molar-refractivity contribution in [2.75, 3.05) is 13.2 Å². The molecular formula is C18H21BrO4. The van der Waals surface area contributed by atoms with Gasteiger partial charge in [-0.05, 0) is 36.9 Å². The van der Waals surface area contributed by atoms with E-state index < -0.39 is 5.97 Å². The second-order valence-corrected chi connectivity index (χ2v) is 5.89. The third-order valence-corrected chi connectivity index (χ3v) is 3.54. The van der Waals surface area contributed by atoms with Gasteiger partial charge in [0, 0.05) is 12.0 Å². The van der Waals surface area contributed by atoms with E-state index in [9.17, 15) is 9.59 Å². The predicted molar refractivity (Wildman–Crippen MR) is 94.3 cm³/mol. The van der Waals surface area contributed by atoms with E-state index in [1.165, 1.54) is 6.08 Å². The van der Waals surface area contributed by atoms with Gasteiger partial charge in [0.2, 0.25) is 0 Å². The summed E-state index contributed by atoms with van der Waals surface area (Å²) in [6, 6.07) is 7.39. The molecule has 124 valence electrons. The van der Waals surface area contributed by atoms with Gasteiger partial charge in [0.15, 0.2) is 5.78 Å². The maximum absolute atomic E-state index is 11.2. The molecule has 1 rings (SSSR count). The van der Waals surface area contributed by atoms with Crippen LogP contribution in [0.2, 0.25) is 0 Å². The van der Waals surface area contributed by atoms with Crippen LogP contribution >= 0.6 is 15.9 Å². The van der Waals surface area contributed by atoms with Gasteiger partial charge in [-0.25, -0.2) is 4.79 Å². The van der Waals surface area contributed by atoms with Crippen molar-refractivity contribution in [1.82, 2.24) is 0 Å². The number of benzene rings is 1. The van der Waals surface area contributed by atoms with Crippen molar-refractivity contribution in [3.63, 3.8) is 0 Å². The zero-order chi connectivity index (χ0) is 17.2. The molecule has 0 N–H and O–H groups in total. The van der Waals surface area contributed by atoms with Crippen LogP contribution in [-0.4, -0.2) is 25.0 Å². The quantitative estimate of drug-likeness (QED) is 0.288. The molecule has 0 fully saturated rings. The van der Waals surface area contributed by atoms with Gasteiger partial charge >= 0.3 is 5.97 Å². The van der Waals surface area contributed by atoms with Crippen molar-refractivity contribution >= 4 is 33.8 Å². The van der Waals surface area contributed by atoms with Crippen LogP contribution in [-0.2, 0) is 14.3 Å². The molecule has 0 amide bonds. The molecule has 0 unspecified atom stereocenters. The molecule has 1 aromatic carbocycles. The Kier molecular flexibility index (Phi) is 8.33. The molecule has 0 aliphatic heterocycles. The summed E-state index contributed by atoms with van der Waals surface area (Å²) in [5, 5.41) is 0. The number of carbonyl (C=O) groups is 2. The minimum absolute atomic E-state index is 0.0526. The summed E-state index contributed by atoms with van der Waals surface area (Å²) in [4.78, 5) is 22.5. The maximum Gasteiger partial charge on any atom is 0.334 e. The van der Waals surface area contributed by atoms with E-state index in [0.29, 0.717) is 31.0 Å². The van der Waals surface area contributed by atoms with E-state index in [4.69, 9.17) is 9.47 Å². The van der Waals surface area contributed by atoms with E-state index in [0.717, 1.165) is 10.0 Å². The number of halogens is 1. The normalized spacial score (nSPS) is 12.0. The average molecular weight is 381 g/mol. The monoisotopic (exact) mass is 380 g/mol. The highest BCUT2D eigenvalue weighted by Gasteiger charge is 2.01. The first-order valence-electron chi connectivity index (χ1n) is 7.37. The van der Waals surface area contributed by atoms with Crippen LogP contribution in [0.15, 0.2) is 40.6 Å². The van der Waals surface area contributed by atoms with Gasteiger partial charge in [0.1, 0.15) is 5.76 Å². The molecule has 0 aliphatic carbocycles. The first kappa shape index (κ1) is 19.2. The van der Waals surface area contributed by atoms with E-state index in [1.807, 2.05) is 18.2 Å². The van der Waals surface area contributed by atoms with E-state index in [2.05, 4.69) is 15.9 Å². The first-order chi connectivity index (χ1) is 10.9. The molecular weight excluding hydrogens is 360 g/mol. The number of ether oxygens (including phenoxy) is 2. The summed E-state index contributed by atoms with van der Waals surface area (Å²) >= 11 is 3.49. The number of Topliss-reactive ketones (excluding diaryl/α,β-unsaturated/α-hetero) is 1. The Labute approximate surface area is 145 Å². The topological polar surface area (TPSA) is 52.6 Å². The average Bonchev–Trinajstić information content (AvgIpc) is 2.47. The smallest absolute Gasteiger partial charge is 0.334 e. The first-order valence-corrected chi connectivity index (χ1v) is 8.16. The van der Waals surface area contributed by atoms with Gasteiger partial charge in [0.05, 0.1) is 19.3 Å². The summed E-state index contributed by atoms with van der Waals surface area (Å²) in [6.07, 6.45) is 3.97. The van der Waals surface area contributed by atoms with E-state index >= 15 is 0 Å².